The summed E-state index contributed by atoms with van der Waals surface area (Å²) in [5.41, 5.74) is 7.43. The molecule has 0 spiro atoms. The fourth-order valence-electron chi connectivity index (χ4n) is 2.73. The molecule has 0 unspecified atom stereocenters. The predicted molar refractivity (Wildman–Crippen MR) is 113 cm³/mol. The first-order valence-electron chi connectivity index (χ1n) is 7.69. The number of anilines is 1. The monoisotopic (exact) mass is 465 g/mol. The maximum absolute atomic E-state index is 12.4. The molecule has 25 heavy (non-hydrogen) atoms. The second-order valence-corrected chi connectivity index (χ2v) is 8.33. The highest BCUT2D eigenvalue weighted by Crippen LogP contribution is 2.23. The molecule has 1 saturated heterocycles. The molecule has 0 aliphatic carbocycles. The summed E-state index contributed by atoms with van der Waals surface area (Å²) in [7, 11) is 0. The normalized spacial score (nSPS) is 14.5. The van der Waals surface area contributed by atoms with Crippen LogP contribution in [0.15, 0.2) is 40.2 Å². The third kappa shape index (κ3) is 6.46. The first-order valence-corrected chi connectivity index (χ1v) is 9.30. The summed E-state index contributed by atoms with van der Waals surface area (Å²) in [4.78, 5) is 18.1. The van der Waals surface area contributed by atoms with E-state index in [1.54, 1.807) is 11.3 Å². The van der Waals surface area contributed by atoms with E-state index in [9.17, 15) is 4.79 Å². The van der Waals surface area contributed by atoms with Gasteiger partial charge in [0.15, 0.2) is 0 Å². The molecule has 4 nitrogen and oxygen atoms in total. The summed E-state index contributed by atoms with van der Waals surface area (Å²) in [5, 5.41) is 0. The quantitative estimate of drug-likeness (QED) is 0.696. The molecule has 0 saturated carbocycles. The molecule has 1 fully saturated rings. The van der Waals surface area contributed by atoms with Crippen molar-refractivity contribution in [1.82, 2.24) is 9.80 Å². The van der Waals surface area contributed by atoms with Gasteiger partial charge in [-0.05, 0) is 45.8 Å². The van der Waals surface area contributed by atoms with Crippen LogP contribution in [0.5, 0.6) is 0 Å². The van der Waals surface area contributed by atoms with E-state index in [0.717, 1.165) is 44.0 Å². The van der Waals surface area contributed by atoms with Crippen LogP contribution in [0, 0.1) is 0 Å². The lowest BCUT2D eigenvalue weighted by molar-refractivity contribution is -0.132. The molecule has 0 bridgehead atoms. The number of piperazine rings is 1. The minimum atomic E-state index is 0. The van der Waals surface area contributed by atoms with E-state index in [1.165, 1.54) is 8.66 Å². The third-order valence-electron chi connectivity index (χ3n) is 4.07. The molecular weight excluding hydrogens is 445 g/mol. The molecule has 1 aliphatic rings. The van der Waals surface area contributed by atoms with E-state index in [0.29, 0.717) is 6.42 Å². The van der Waals surface area contributed by atoms with Crippen LogP contribution in [0.25, 0.3) is 0 Å². The predicted octanol–water partition coefficient (Wildman–Crippen LogP) is 3.82. The SMILES string of the molecule is Cl.Cl.Nc1ccc(CC(=O)N2CCN(Cc3ccc(Br)s3)CC2)cc1. The highest BCUT2D eigenvalue weighted by molar-refractivity contribution is 9.11. The van der Waals surface area contributed by atoms with Crippen molar-refractivity contribution in [2.75, 3.05) is 31.9 Å². The fraction of sp³-hybridized carbons (Fsp3) is 0.353. The minimum absolute atomic E-state index is 0. The number of carbonyl (C=O) groups is 1. The standard InChI is InChI=1S/C17H20BrN3OS.2ClH/c18-16-6-5-15(23-16)12-20-7-9-21(10-8-20)17(22)11-13-1-3-14(19)4-2-13;;/h1-6H,7-12,19H2;2*1H. The molecule has 2 heterocycles. The van der Waals surface area contributed by atoms with Crippen molar-refractivity contribution in [2.45, 2.75) is 13.0 Å². The molecule has 0 radical (unpaired) electrons. The number of rotatable bonds is 4. The largest absolute Gasteiger partial charge is 0.399 e. The van der Waals surface area contributed by atoms with Gasteiger partial charge >= 0.3 is 0 Å². The van der Waals surface area contributed by atoms with Crippen molar-refractivity contribution < 1.29 is 4.79 Å². The average Bonchev–Trinajstić information content (AvgIpc) is 2.95. The number of benzene rings is 1. The lowest BCUT2D eigenvalue weighted by atomic mass is 10.1. The number of amides is 1. The molecule has 1 aromatic carbocycles. The fourth-order valence-corrected chi connectivity index (χ4v) is 4.26. The van der Waals surface area contributed by atoms with E-state index >= 15 is 0 Å². The molecule has 8 heteroatoms. The Kier molecular flexibility index (Phi) is 9.24. The number of thiophene rings is 1. The number of halogens is 3. The number of nitrogens with two attached hydrogens (primary N) is 1. The molecule has 2 aromatic rings. The van der Waals surface area contributed by atoms with Gasteiger partial charge < -0.3 is 10.6 Å². The molecule has 138 valence electrons. The van der Waals surface area contributed by atoms with E-state index in [4.69, 9.17) is 5.73 Å². The number of nitrogen functional groups attached to an aromatic ring is 1. The van der Waals surface area contributed by atoms with E-state index < -0.39 is 0 Å². The summed E-state index contributed by atoms with van der Waals surface area (Å²) in [6.45, 7) is 4.45. The third-order valence-corrected chi connectivity index (χ3v) is 5.68. The second kappa shape index (κ2) is 10.4. The lowest BCUT2D eigenvalue weighted by Gasteiger charge is -2.34. The van der Waals surface area contributed by atoms with E-state index in [-0.39, 0.29) is 30.7 Å². The smallest absolute Gasteiger partial charge is 0.227 e. The summed E-state index contributed by atoms with van der Waals surface area (Å²) in [6.07, 6.45) is 0.456. The topological polar surface area (TPSA) is 49.6 Å². The number of hydrogen-bond acceptors (Lipinski definition) is 4. The molecule has 1 aliphatic heterocycles. The van der Waals surface area contributed by atoms with Gasteiger partial charge in [-0.15, -0.1) is 36.2 Å². The number of nitrogens with zero attached hydrogens (tertiary/aromatic N) is 2. The molecule has 1 amide bonds. The zero-order valence-electron chi connectivity index (χ0n) is 13.7. The van der Waals surface area contributed by atoms with Crippen molar-refractivity contribution in [3.05, 3.63) is 50.6 Å². The highest BCUT2D eigenvalue weighted by Gasteiger charge is 2.21. The molecule has 1 aromatic heterocycles. The Morgan fingerprint density at radius 2 is 1.68 bits per heavy atom. The highest BCUT2D eigenvalue weighted by atomic mass is 79.9. The summed E-state index contributed by atoms with van der Waals surface area (Å²) in [5.74, 6) is 0.202. The molecule has 0 atom stereocenters. The van der Waals surface area contributed by atoms with Crippen LogP contribution < -0.4 is 5.73 Å². The Balaban J connectivity index is 0.00000156. The zero-order chi connectivity index (χ0) is 16.2. The number of carbonyl (C=O) groups excluding carboxylic acids is 1. The molecule has 2 N–H and O–H groups in total. The van der Waals surface area contributed by atoms with Gasteiger partial charge in [-0.1, -0.05) is 12.1 Å². The van der Waals surface area contributed by atoms with Crippen molar-refractivity contribution in [2.24, 2.45) is 0 Å². The van der Waals surface area contributed by atoms with Crippen LogP contribution in [0.1, 0.15) is 10.4 Å². The Hall–Kier alpha value is -0.790. The van der Waals surface area contributed by atoms with Crippen LogP contribution in [0.4, 0.5) is 5.69 Å². The van der Waals surface area contributed by atoms with Gasteiger partial charge in [0.25, 0.3) is 0 Å². The van der Waals surface area contributed by atoms with E-state index in [2.05, 4.69) is 33.0 Å². The molecule has 3 rings (SSSR count). The van der Waals surface area contributed by atoms with Crippen molar-refractivity contribution in [1.29, 1.82) is 0 Å². The Labute approximate surface area is 173 Å². The zero-order valence-corrected chi connectivity index (χ0v) is 17.7. The Morgan fingerprint density at radius 1 is 1.04 bits per heavy atom. The van der Waals surface area contributed by atoms with Crippen LogP contribution in [0.3, 0.4) is 0 Å². The number of hydrogen-bond donors (Lipinski definition) is 1. The van der Waals surface area contributed by atoms with Crippen molar-refractivity contribution >= 4 is 63.7 Å². The van der Waals surface area contributed by atoms with Gasteiger partial charge in [0.2, 0.25) is 5.91 Å². The first kappa shape index (κ1) is 22.3. The summed E-state index contributed by atoms with van der Waals surface area (Å²) >= 11 is 5.28. The maximum Gasteiger partial charge on any atom is 0.227 e. The molecular formula is C17H22BrCl2N3OS. The van der Waals surface area contributed by atoms with Gasteiger partial charge in [0.05, 0.1) is 10.2 Å². The van der Waals surface area contributed by atoms with Gasteiger partial charge in [-0.2, -0.15) is 0 Å². The average molecular weight is 467 g/mol. The summed E-state index contributed by atoms with van der Waals surface area (Å²) in [6, 6.07) is 11.8. The van der Waals surface area contributed by atoms with Gasteiger partial charge in [0, 0.05) is 43.3 Å². The van der Waals surface area contributed by atoms with Crippen LogP contribution in [0.2, 0.25) is 0 Å². The Bertz CT molecular complexity index is 673. The summed E-state index contributed by atoms with van der Waals surface area (Å²) < 4.78 is 1.17. The van der Waals surface area contributed by atoms with Crippen LogP contribution >= 0.6 is 52.1 Å². The van der Waals surface area contributed by atoms with Crippen molar-refractivity contribution in [3.63, 3.8) is 0 Å². The van der Waals surface area contributed by atoms with Crippen LogP contribution in [-0.2, 0) is 17.8 Å². The minimum Gasteiger partial charge on any atom is -0.399 e. The van der Waals surface area contributed by atoms with E-state index in [1.807, 2.05) is 29.2 Å². The van der Waals surface area contributed by atoms with Gasteiger partial charge in [-0.3, -0.25) is 9.69 Å². The maximum atomic E-state index is 12.4. The van der Waals surface area contributed by atoms with Crippen LogP contribution in [-0.4, -0.2) is 41.9 Å². The van der Waals surface area contributed by atoms with Crippen molar-refractivity contribution in [3.8, 4) is 0 Å². The second-order valence-electron chi connectivity index (χ2n) is 5.78. The van der Waals surface area contributed by atoms with Gasteiger partial charge in [0.1, 0.15) is 0 Å². The Morgan fingerprint density at radius 3 is 2.24 bits per heavy atom. The first-order chi connectivity index (χ1) is 11.1. The van der Waals surface area contributed by atoms with Gasteiger partial charge in [-0.25, -0.2) is 0 Å². The lowest BCUT2D eigenvalue weighted by Crippen LogP contribution is -2.48.